The van der Waals surface area contributed by atoms with Gasteiger partial charge in [-0.05, 0) is 50.2 Å². The molecular formula is C17H21N5O2. The molecule has 1 N–H and O–H groups in total. The summed E-state index contributed by atoms with van der Waals surface area (Å²) in [6, 6.07) is 10.2. The van der Waals surface area contributed by atoms with Gasteiger partial charge in [0.15, 0.2) is 5.72 Å². The van der Waals surface area contributed by atoms with Crippen molar-refractivity contribution in [1.82, 2.24) is 20.8 Å². The zero-order valence-electron chi connectivity index (χ0n) is 13.7. The lowest BCUT2D eigenvalue weighted by Gasteiger charge is -2.50. The van der Waals surface area contributed by atoms with Crippen LogP contribution in [0, 0.1) is 11.8 Å². The summed E-state index contributed by atoms with van der Waals surface area (Å²) in [7, 11) is 2.03. The van der Waals surface area contributed by atoms with E-state index in [1.807, 2.05) is 37.4 Å². The minimum Gasteiger partial charge on any atom is -0.401 e. The Morgan fingerprint density at radius 1 is 1.12 bits per heavy atom. The molecule has 24 heavy (non-hydrogen) atoms. The van der Waals surface area contributed by atoms with Crippen molar-refractivity contribution in [3.63, 3.8) is 0 Å². The maximum Gasteiger partial charge on any atom is 0.351 e. The average Bonchev–Trinajstić information content (AvgIpc) is 3.24. The molecule has 1 aliphatic heterocycles. The van der Waals surface area contributed by atoms with Crippen LogP contribution < -0.4 is 10.7 Å². The molecule has 2 bridgehead atoms. The Morgan fingerprint density at radius 2 is 1.92 bits per heavy atom. The molecule has 1 saturated heterocycles. The van der Waals surface area contributed by atoms with Gasteiger partial charge in [0.25, 0.3) is 0 Å². The number of nitrogens with zero attached hydrogens (tertiary/aromatic N) is 4. The van der Waals surface area contributed by atoms with Crippen molar-refractivity contribution >= 4 is 6.01 Å². The molecular weight excluding hydrogens is 306 g/mol. The Kier molecular flexibility index (Phi) is 3.16. The highest BCUT2D eigenvalue weighted by molar-refractivity contribution is 5.52. The molecule has 1 atom stereocenters. The second kappa shape index (κ2) is 5.27. The summed E-state index contributed by atoms with van der Waals surface area (Å²) in [4.78, 5) is 6.08. The van der Waals surface area contributed by atoms with Gasteiger partial charge in [0.05, 0.1) is 0 Å². The summed E-state index contributed by atoms with van der Waals surface area (Å²) in [5, 5.41) is 12.2. The van der Waals surface area contributed by atoms with Crippen molar-refractivity contribution in [2.24, 2.45) is 11.8 Å². The Morgan fingerprint density at radius 3 is 2.62 bits per heavy atom. The van der Waals surface area contributed by atoms with Gasteiger partial charge in [-0.1, -0.05) is 28.9 Å². The number of nitrogens with one attached hydrogen (secondary N) is 1. The third kappa shape index (κ3) is 2.02. The molecule has 6 rings (SSSR count). The van der Waals surface area contributed by atoms with Crippen molar-refractivity contribution in [2.75, 3.05) is 12.2 Å². The van der Waals surface area contributed by atoms with Crippen LogP contribution in [0.5, 0.6) is 0 Å². The van der Waals surface area contributed by atoms with Crippen LogP contribution in [0.1, 0.15) is 32.1 Å². The van der Waals surface area contributed by atoms with Crippen LogP contribution in [0.15, 0.2) is 34.7 Å². The number of hydrogen-bond acceptors (Lipinski definition) is 7. The predicted molar refractivity (Wildman–Crippen MR) is 87.0 cm³/mol. The number of aromatic nitrogens is 2. The van der Waals surface area contributed by atoms with Crippen LogP contribution in [0.4, 0.5) is 6.01 Å². The van der Waals surface area contributed by atoms with Crippen LogP contribution in [0.2, 0.25) is 0 Å². The number of benzene rings is 1. The van der Waals surface area contributed by atoms with E-state index >= 15 is 0 Å². The van der Waals surface area contributed by atoms with Crippen LogP contribution in [-0.4, -0.2) is 28.0 Å². The summed E-state index contributed by atoms with van der Waals surface area (Å²) in [6.45, 7) is 0. The predicted octanol–water partition coefficient (Wildman–Crippen LogP) is 2.75. The first-order valence-electron chi connectivity index (χ1n) is 8.63. The van der Waals surface area contributed by atoms with Crippen LogP contribution >= 0.6 is 0 Å². The van der Waals surface area contributed by atoms with Crippen LogP contribution in [0.25, 0.3) is 11.5 Å². The highest BCUT2D eigenvalue weighted by atomic mass is 16.8. The zero-order chi connectivity index (χ0) is 16.1. The van der Waals surface area contributed by atoms with Crippen molar-refractivity contribution in [1.29, 1.82) is 0 Å². The van der Waals surface area contributed by atoms with E-state index in [-0.39, 0.29) is 5.72 Å². The van der Waals surface area contributed by atoms with Gasteiger partial charge in [-0.25, -0.2) is 0 Å². The van der Waals surface area contributed by atoms with Crippen molar-refractivity contribution < 1.29 is 9.25 Å². The fraction of sp³-hybridized carbons (Fsp3) is 0.529. The molecule has 1 aromatic carbocycles. The maximum atomic E-state index is 6.08. The van der Waals surface area contributed by atoms with E-state index in [4.69, 9.17) is 9.25 Å². The van der Waals surface area contributed by atoms with Gasteiger partial charge in [-0.3, -0.25) is 4.84 Å². The highest BCUT2D eigenvalue weighted by Gasteiger charge is 2.57. The summed E-state index contributed by atoms with van der Waals surface area (Å²) in [5.74, 6) is 1.80. The fourth-order valence-corrected chi connectivity index (χ4v) is 4.50. The Labute approximate surface area is 140 Å². The number of fused-ring (bicyclic) bond motifs is 2. The van der Waals surface area contributed by atoms with Crippen LogP contribution in [0.3, 0.4) is 0 Å². The van der Waals surface area contributed by atoms with Gasteiger partial charge < -0.3 is 4.42 Å². The molecule has 4 aliphatic rings. The number of rotatable bonds is 2. The molecule has 0 amide bonds. The van der Waals surface area contributed by atoms with Gasteiger partial charge in [0.1, 0.15) is 0 Å². The highest BCUT2D eigenvalue weighted by Crippen LogP contribution is 2.52. The van der Waals surface area contributed by atoms with E-state index in [9.17, 15) is 0 Å². The minimum atomic E-state index is -0.289. The van der Waals surface area contributed by atoms with E-state index in [2.05, 4.69) is 20.8 Å². The van der Waals surface area contributed by atoms with E-state index in [1.54, 1.807) is 5.12 Å². The van der Waals surface area contributed by atoms with Gasteiger partial charge in [-0.2, -0.15) is 10.1 Å². The molecule has 4 fully saturated rings. The number of anilines is 1. The SMILES string of the molecule is CN1N(c2nnc(-c3ccccc3)o2)NOC12CC1CCC2CC1. The van der Waals surface area contributed by atoms with Crippen LogP contribution in [-0.2, 0) is 4.84 Å². The first kappa shape index (κ1) is 14.4. The van der Waals surface area contributed by atoms with E-state index in [0.29, 0.717) is 17.8 Å². The van der Waals surface area contributed by atoms with E-state index in [0.717, 1.165) is 17.9 Å². The van der Waals surface area contributed by atoms with Crippen molar-refractivity contribution in [3.05, 3.63) is 30.3 Å². The first-order valence-corrected chi connectivity index (χ1v) is 8.63. The summed E-state index contributed by atoms with van der Waals surface area (Å²) in [5.41, 5.74) is 3.61. The molecule has 0 radical (unpaired) electrons. The normalized spacial score (nSPS) is 32.8. The van der Waals surface area contributed by atoms with Crippen molar-refractivity contribution in [3.8, 4) is 11.5 Å². The second-order valence-electron chi connectivity index (χ2n) is 7.05. The monoisotopic (exact) mass is 327 g/mol. The lowest BCUT2D eigenvalue weighted by atomic mass is 9.65. The second-order valence-corrected chi connectivity index (χ2v) is 7.05. The lowest BCUT2D eigenvalue weighted by molar-refractivity contribution is -0.193. The number of hydrogen-bond donors (Lipinski definition) is 1. The smallest absolute Gasteiger partial charge is 0.351 e. The molecule has 3 aliphatic carbocycles. The molecule has 2 aromatic rings. The standard InChI is InChI=1S/C17H21N5O2/c1-21-17(11-12-7-9-14(17)10-8-12)24-20-22(21)16-19-18-15(23-16)13-5-3-2-4-6-13/h2-6,12,14,20H,7-11H2,1H3. The van der Waals surface area contributed by atoms with Gasteiger partial charge in [0.2, 0.25) is 5.89 Å². The Hall–Kier alpha value is -1.96. The summed E-state index contributed by atoms with van der Waals surface area (Å²) < 4.78 is 5.86. The average molecular weight is 327 g/mol. The summed E-state index contributed by atoms with van der Waals surface area (Å²) >= 11 is 0. The zero-order valence-corrected chi connectivity index (χ0v) is 13.7. The Balaban J connectivity index is 1.42. The number of hydrazine groups is 2. The van der Waals surface area contributed by atoms with Gasteiger partial charge >= 0.3 is 6.01 Å². The van der Waals surface area contributed by atoms with Gasteiger partial charge in [0, 0.05) is 18.5 Å². The topological polar surface area (TPSA) is 66.7 Å². The maximum absolute atomic E-state index is 6.08. The van der Waals surface area contributed by atoms with E-state index in [1.165, 1.54) is 25.7 Å². The van der Waals surface area contributed by atoms with Gasteiger partial charge in [-0.15, -0.1) is 5.10 Å². The first-order chi connectivity index (χ1) is 11.8. The quantitative estimate of drug-likeness (QED) is 0.909. The molecule has 1 unspecified atom stereocenters. The minimum absolute atomic E-state index is 0.289. The molecule has 126 valence electrons. The third-order valence-electron chi connectivity index (χ3n) is 5.84. The Bertz CT molecular complexity index is 728. The molecule has 2 heterocycles. The third-order valence-corrected chi connectivity index (χ3v) is 5.84. The molecule has 7 nitrogen and oxygen atoms in total. The largest absolute Gasteiger partial charge is 0.401 e. The summed E-state index contributed by atoms with van der Waals surface area (Å²) in [6.07, 6.45) is 6.15. The molecule has 7 heteroatoms. The fourth-order valence-electron chi connectivity index (χ4n) is 4.50. The lowest BCUT2D eigenvalue weighted by Crippen LogP contribution is -2.58. The van der Waals surface area contributed by atoms with E-state index < -0.39 is 0 Å². The molecule has 1 spiro atoms. The molecule has 1 aromatic heterocycles. The van der Waals surface area contributed by atoms with Crippen molar-refractivity contribution in [2.45, 2.75) is 37.8 Å². The molecule has 3 saturated carbocycles.